The lowest BCUT2D eigenvalue weighted by atomic mass is 9.72. The summed E-state index contributed by atoms with van der Waals surface area (Å²) in [5.74, 6) is 1.82. The molecule has 134 valence electrons. The first kappa shape index (κ1) is 22.1. The molecule has 0 bridgehead atoms. The third-order valence-corrected chi connectivity index (χ3v) is 5.08. The van der Waals surface area contributed by atoms with Gasteiger partial charge < -0.3 is 9.79 Å². The van der Waals surface area contributed by atoms with Gasteiger partial charge in [0.15, 0.2) is 0 Å². The van der Waals surface area contributed by atoms with Gasteiger partial charge in [-0.2, -0.15) is 0 Å². The first-order valence-electron chi connectivity index (χ1n) is 9.09. The summed E-state index contributed by atoms with van der Waals surface area (Å²) in [6.45, 7) is 9.06. The van der Waals surface area contributed by atoms with Crippen molar-refractivity contribution >= 4 is 7.82 Å². The summed E-state index contributed by atoms with van der Waals surface area (Å²) in [5.41, 5.74) is 0. The van der Waals surface area contributed by atoms with E-state index in [-0.39, 0.29) is 6.61 Å². The Balaban J connectivity index is 4.93. The van der Waals surface area contributed by atoms with E-state index >= 15 is 0 Å². The van der Waals surface area contributed by atoms with Gasteiger partial charge in [-0.1, -0.05) is 79.1 Å². The molecule has 0 rings (SSSR count). The van der Waals surface area contributed by atoms with Gasteiger partial charge in [-0.3, -0.25) is 4.52 Å². The van der Waals surface area contributed by atoms with Crippen molar-refractivity contribution in [1.29, 1.82) is 0 Å². The summed E-state index contributed by atoms with van der Waals surface area (Å²) in [4.78, 5) is 17.8. The minimum atomic E-state index is -4.34. The first-order chi connectivity index (χ1) is 10.4. The fourth-order valence-electron chi connectivity index (χ4n) is 3.79. The molecule has 0 radical (unpaired) electrons. The molecule has 0 aromatic carbocycles. The first-order valence-corrected chi connectivity index (χ1v) is 10.6. The third kappa shape index (κ3) is 9.99. The highest BCUT2D eigenvalue weighted by Crippen LogP contribution is 2.40. The Morgan fingerprint density at radius 2 is 1.14 bits per heavy atom. The van der Waals surface area contributed by atoms with Gasteiger partial charge in [-0.05, 0) is 24.2 Å². The van der Waals surface area contributed by atoms with Crippen molar-refractivity contribution in [2.75, 3.05) is 6.61 Å². The van der Waals surface area contributed by atoms with Crippen LogP contribution in [0.3, 0.4) is 0 Å². The number of hydrogen-bond donors (Lipinski definition) is 2. The molecule has 4 nitrogen and oxygen atoms in total. The Bertz CT molecular complexity index is 275. The zero-order valence-electron chi connectivity index (χ0n) is 15.0. The number of hydrogen-bond acceptors (Lipinski definition) is 2. The third-order valence-electron chi connectivity index (χ3n) is 4.56. The smallest absolute Gasteiger partial charge is 0.303 e. The quantitative estimate of drug-likeness (QED) is 0.409. The van der Waals surface area contributed by atoms with Gasteiger partial charge in [0.1, 0.15) is 0 Å². The summed E-state index contributed by atoms with van der Waals surface area (Å²) < 4.78 is 15.7. The summed E-state index contributed by atoms with van der Waals surface area (Å²) in [7, 11) is -4.34. The van der Waals surface area contributed by atoms with Crippen molar-refractivity contribution in [2.24, 2.45) is 17.8 Å². The van der Waals surface area contributed by atoms with Crippen LogP contribution in [0.1, 0.15) is 85.5 Å². The predicted octanol–water partition coefficient (Wildman–Crippen LogP) is 5.53. The average Bonchev–Trinajstić information content (AvgIpc) is 2.42. The minimum absolute atomic E-state index is 0.169. The molecule has 0 aliphatic carbocycles. The SMILES string of the molecule is CCCC(CCC)C(CCOP(=O)(O)O)C(CCC)CCC. The highest BCUT2D eigenvalue weighted by atomic mass is 31.2. The van der Waals surface area contributed by atoms with E-state index < -0.39 is 7.82 Å². The van der Waals surface area contributed by atoms with Crippen molar-refractivity contribution in [3.63, 3.8) is 0 Å². The lowest BCUT2D eigenvalue weighted by Crippen LogP contribution is -2.25. The minimum Gasteiger partial charge on any atom is -0.303 e. The Hall–Kier alpha value is 0.110. The summed E-state index contributed by atoms with van der Waals surface area (Å²) >= 11 is 0. The second-order valence-corrected chi connectivity index (χ2v) is 7.69. The standard InChI is InChI=1S/C17H37O4P/c1-5-9-15(10-6-2)17(13-14-21-22(18,19)20)16(11-7-3)12-8-4/h15-17H,5-14H2,1-4H3,(H2,18,19,20). The molecular weight excluding hydrogens is 299 g/mol. The molecule has 0 amide bonds. The summed E-state index contributed by atoms with van der Waals surface area (Å²) in [6.07, 6.45) is 10.3. The van der Waals surface area contributed by atoms with E-state index in [2.05, 4.69) is 27.7 Å². The number of rotatable bonds is 14. The Kier molecular flexibility index (Phi) is 12.6. The molecule has 0 aliphatic rings. The molecule has 22 heavy (non-hydrogen) atoms. The highest BCUT2D eigenvalue weighted by Gasteiger charge is 2.28. The molecule has 0 spiro atoms. The van der Waals surface area contributed by atoms with Crippen molar-refractivity contribution in [3.05, 3.63) is 0 Å². The molecule has 0 aliphatic heterocycles. The van der Waals surface area contributed by atoms with Crippen LogP contribution in [0.15, 0.2) is 0 Å². The molecule has 0 unspecified atom stereocenters. The fraction of sp³-hybridized carbons (Fsp3) is 1.00. The second-order valence-electron chi connectivity index (χ2n) is 6.45. The van der Waals surface area contributed by atoms with Crippen LogP contribution in [0.2, 0.25) is 0 Å². The zero-order valence-corrected chi connectivity index (χ0v) is 15.9. The largest absolute Gasteiger partial charge is 0.469 e. The molecule has 0 aromatic heterocycles. The maximum Gasteiger partial charge on any atom is 0.469 e. The van der Waals surface area contributed by atoms with Crippen molar-refractivity contribution < 1.29 is 18.9 Å². The normalized spacial score (nSPS) is 12.8. The number of phosphoric ester groups is 1. The van der Waals surface area contributed by atoms with Crippen LogP contribution in [0.25, 0.3) is 0 Å². The lowest BCUT2D eigenvalue weighted by molar-refractivity contribution is 0.124. The van der Waals surface area contributed by atoms with Crippen LogP contribution in [0, 0.1) is 17.8 Å². The molecule has 0 fully saturated rings. The van der Waals surface area contributed by atoms with Crippen LogP contribution < -0.4 is 0 Å². The van der Waals surface area contributed by atoms with E-state index in [1.807, 2.05) is 0 Å². The maximum atomic E-state index is 10.9. The molecule has 2 N–H and O–H groups in total. The Morgan fingerprint density at radius 3 is 1.41 bits per heavy atom. The van der Waals surface area contributed by atoms with Gasteiger partial charge in [-0.25, -0.2) is 4.57 Å². The Morgan fingerprint density at radius 1 is 0.773 bits per heavy atom. The monoisotopic (exact) mass is 336 g/mol. The second kappa shape index (κ2) is 12.5. The highest BCUT2D eigenvalue weighted by molar-refractivity contribution is 7.46. The molecule has 0 saturated heterocycles. The van der Waals surface area contributed by atoms with Crippen LogP contribution in [-0.2, 0) is 9.09 Å². The van der Waals surface area contributed by atoms with E-state index in [4.69, 9.17) is 14.3 Å². The van der Waals surface area contributed by atoms with Crippen molar-refractivity contribution in [3.8, 4) is 0 Å². The van der Waals surface area contributed by atoms with E-state index in [0.717, 1.165) is 6.42 Å². The van der Waals surface area contributed by atoms with E-state index in [0.29, 0.717) is 17.8 Å². The molecule has 0 aromatic rings. The topological polar surface area (TPSA) is 66.8 Å². The predicted molar refractivity (Wildman–Crippen MR) is 92.7 cm³/mol. The van der Waals surface area contributed by atoms with Gasteiger partial charge in [0, 0.05) is 0 Å². The Labute approximate surface area is 137 Å². The average molecular weight is 336 g/mol. The molecule has 5 heteroatoms. The van der Waals surface area contributed by atoms with Gasteiger partial charge >= 0.3 is 7.82 Å². The molecule has 0 heterocycles. The van der Waals surface area contributed by atoms with Gasteiger partial charge in [0.2, 0.25) is 0 Å². The van der Waals surface area contributed by atoms with Gasteiger partial charge in [-0.15, -0.1) is 0 Å². The zero-order chi connectivity index (χ0) is 17.0. The fourth-order valence-corrected chi connectivity index (χ4v) is 4.14. The van der Waals surface area contributed by atoms with Crippen LogP contribution in [0.4, 0.5) is 0 Å². The van der Waals surface area contributed by atoms with Crippen LogP contribution >= 0.6 is 7.82 Å². The van der Waals surface area contributed by atoms with Crippen LogP contribution in [0.5, 0.6) is 0 Å². The molecule has 0 saturated carbocycles. The summed E-state index contributed by atoms with van der Waals surface area (Å²) in [5, 5.41) is 0. The molecular formula is C17H37O4P. The van der Waals surface area contributed by atoms with Crippen molar-refractivity contribution in [2.45, 2.75) is 85.5 Å². The lowest BCUT2D eigenvalue weighted by Gasteiger charge is -2.34. The van der Waals surface area contributed by atoms with E-state index in [1.165, 1.54) is 51.4 Å². The van der Waals surface area contributed by atoms with Crippen LogP contribution in [-0.4, -0.2) is 16.4 Å². The van der Waals surface area contributed by atoms with E-state index in [1.54, 1.807) is 0 Å². The molecule has 0 atom stereocenters. The number of phosphoric acid groups is 1. The van der Waals surface area contributed by atoms with Gasteiger partial charge in [0.25, 0.3) is 0 Å². The van der Waals surface area contributed by atoms with Crippen molar-refractivity contribution in [1.82, 2.24) is 0 Å². The maximum absolute atomic E-state index is 10.9. The summed E-state index contributed by atoms with van der Waals surface area (Å²) in [6, 6.07) is 0. The van der Waals surface area contributed by atoms with E-state index in [9.17, 15) is 4.57 Å². The van der Waals surface area contributed by atoms with Gasteiger partial charge in [0.05, 0.1) is 6.61 Å².